The summed E-state index contributed by atoms with van der Waals surface area (Å²) in [6, 6.07) is 5.36. The lowest BCUT2D eigenvalue weighted by Crippen LogP contribution is -1.88. The Labute approximate surface area is 109 Å². The molecule has 0 bridgehead atoms. The van der Waals surface area contributed by atoms with E-state index in [4.69, 9.17) is 23.2 Å². The van der Waals surface area contributed by atoms with Crippen molar-refractivity contribution in [3.63, 3.8) is 0 Å². The zero-order valence-electron chi connectivity index (χ0n) is 7.30. The van der Waals surface area contributed by atoms with Crippen molar-refractivity contribution >= 4 is 61.3 Å². The highest BCUT2D eigenvalue weighted by Gasteiger charge is 2.02. The smallest absolute Gasteiger partial charge is 0.188 e. The summed E-state index contributed by atoms with van der Waals surface area (Å²) in [6.07, 6.45) is 1.74. The highest BCUT2D eigenvalue weighted by atomic mass is 79.9. The number of hydrogen-bond donors (Lipinski definition) is 1. The molecule has 1 heterocycles. The second-order valence-electron chi connectivity index (χ2n) is 2.72. The monoisotopic (exact) mass is 322 g/mol. The maximum Gasteiger partial charge on any atom is 0.188 e. The molecule has 2 nitrogen and oxygen atoms in total. The standard InChI is InChI=1S/C9H5BrCl2N2S/c10-8-4-13-9(15-8)14-5-1-2-6(11)7(12)3-5/h1-4H,(H,13,14). The Morgan fingerprint density at radius 2 is 2.07 bits per heavy atom. The lowest BCUT2D eigenvalue weighted by atomic mass is 10.3. The van der Waals surface area contributed by atoms with Crippen LogP contribution in [0.3, 0.4) is 0 Å². The molecule has 0 spiro atoms. The van der Waals surface area contributed by atoms with Crippen LogP contribution in [0.4, 0.5) is 10.8 Å². The van der Waals surface area contributed by atoms with E-state index < -0.39 is 0 Å². The second kappa shape index (κ2) is 4.70. The Bertz CT molecular complexity index is 487. The number of thiazole rings is 1. The van der Waals surface area contributed by atoms with Crippen LogP contribution in [0, 0.1) is 0 Å². The van der Waals surface area contributed by atoms with Gasteiger partial charge in [0.2, 0.25) is 0 Å². The van der Waals surface area contributed by atoms with Crippen molar-refractivity contribution in [1.29, 1.82) is 0 Å². The molecule has 0 atom stereocenters. The van der Waals surface area contributed by atoms with Crippen LogP contribution in [-0.4, -0.2) is 4.98 Å². The van der Waals surface area contributed by atoms with Gasteiger partial charge in [0.1, 0.15) is 0 Å². The minimum Gasteiger partial charge on any atom is -0.331 e. The third-order valence-corrected chi connectivity index (χ3v) is 3.78. The van der Waals surface area contributed by atoms with Gasteiger partial charge >= 0.3 is 0 Å². The summed E-state index contributed by atoms with van der Waals surface area (Å²) < 4.78 is 0.977. The number of nitrogens with one attached hydrogen (secondary N) is 1. The minimum atomic E-state index is 0.525. The van der Waals surface area contributed by atoms with E-state index in [-0.39, 0.29) is 0 Å². The van der Waals surface area contributed by atoms with Crippen molar-refractivity contribution in [2.75, 3.05) is 5.32 Å². The average molecular weight is 324 g/mol. The van der Waals surface area contributed by atoms with E-state index in [1.807, 2.05) is 6.07 Å². The maximum absolute atomic E-state index is 5.89. The fourth-order valence-electron chi connectivity index (χ4n) is 1.01. The van der Waals surface area contributed by atoms with Crippen LogP contribution >= 0.6 is 50.5 Å². The molecule has 2 rings (SSSR count). The zero-order chi connectivity index (χ0) is 10.8. The predicted molar refractivity (Wildman–Crippen MR) is 69.6 cm³/mol. The van der Waals surface area contributed by atoms with Gasteiger partial charge in [0.05, 0.1) is 20.0 Å². The Morgan fingerprint density at radius 1 is 1.27 bits per heavy atom. The largest absolute Gasteiger partial charge is 0.331 e. The summed E-state index contributed by atoms with van der Waals surface area (Å²) >= 11 is 16.5. The average Bonchev–Trinajstić information content (AvgIpc) is 2.58. The highest BCUT2D eigenvalue weighted by Crippen LogP contribution is 2.29. The van der Waals surface area contributed by atoms with E-state index in [9.17, 15) is 0 Å². The Hall–Kier alpha value is -0.290. The molecule has 0 aliphatic heterocycles. The van der Waals surface area contributed by atoms with Crippen molar-refractivity contribution in [1.82, 2.24) is 4.98 Å². The van der Waals surface area contributed by atoms with E-state index in [1.165, 1.54) is 11.3 Å². The van der Waals surface area contributed by atoms with Crippen LogP contribution in [-0.2, 0) is 0 Å². The molecule has 0 unspecified atom stereocenters. The van der Waals surface area contributed by atoms with Gasteiger partial charge in [0, 0.05) is 5.69 Å². The van der Waals surface area contributed by atoms with E-state index in [0.29, 0.717) is 10.0 Å². The molecule has 78 valence electrons. The fourth-order valence-corrected chi connectivity index (χ4v) is 2.43. The molecule has 1 aromatic carbocycles. The van der Waals surface area contributed by atoms with Gasteiger partial charge in [0.15, 0.2) is 5.13 Å². The van der Waals surface area contributed by atoms with Gasteiger partial charge < -0.3 is 5.32 Å². The summed E-state index contributed by atoms with van der Waals surface area (Å²) in [5.74, 6) is 0. The molecule has 15 heavy (non-hydrogen) atoms. The molecule has 0 saturated carbocycles. The molecule has 0 radical (unpaired) electrons. The molecule has 1 aromatic heterocycles. The van der Waals surface area contributed by atoms with Gasteiger partial charge in [-0.2, -0.15) is 0 Å². The molecular weight excluding hydrogens is 319 g/mol. The molecule has 0 aliphatic carbocycles. The number of aromatic nitrogens is 1. The van der Waals surface area contributed by atoms with Gasteiger partial charge in [-0.3, -0.25) is 0 Å². The van der Waals surface area contributed by atoms with E-state index in [1.54, 1.807) is 18.3 Å². The number of halogens is 3. The zero-order valence-corrected chi connectivity index (χ0v) is 11.2. The highest BCUT2D eigenvalue weighted by molar-refractivity contribution is 9.11. The molecular formula is C9H5BrCl2N2S. The van der Waals surface area contributed by atoms with Gasteiger partial charge in [-0.05, 0) is 34.1 Å². The lowest BCUT2D eigenvalue weighted by Gasteiger charge is -2.03. The van der Waals surface area contributed by atoms with E-state index in [2.05, 4.69) is 26.2 Å². The topological polar surface area (TPSA) is 24.9 Å². The van der Waals surface area contributed by atoms with Crippen molar-refractivity contribution < 1.29 is 0 Å². The van der Waals surface area contributed by atoms with Gasteiger partial charge in [-0.1, -0.05) is 34.5 Å². The van der Waals surface area contributed by atoms with Crippen molar-refractivity contribution in [3.05, 3.63) is 38.2 Å². The molecule has 0 fully saturated rings. The summed E-state index contributed by atoms with van der Waals surface area (Å²) in [6.45, 7) is 0. The first-order valence-corrected chi connectivity index (χ1v) is 6.35. The first kappa shape index (κ1) is 11.2. The third-order valence-electron chi connectivity index (χ3n) is 1.65. The third kappa shape index (κ3) is 2.84. The molecule has 6 heteroatoms. The molecule has 2 aromatic rings. The fraction of sp³-hybridized carbons (Fsp3) is 0. The molecule has 0 saturated heterocycles. The first-order valence-electron chi connectivity index (χ1n) is 3.98. The van der Waals surface area contributed by atoms with Crippen LogP contribution in [0.1, 0.15) is 0 Å². The summed E-state index contributed by atoms with van der Waals surface area (Å²) in [7, 11) is 0. The van der Waals surface area contributed by atoms with E-state index in [0.717, 1.165) is 14.6 Å². The summed E-state index contributed by atoms with van der Waals surface area (Å²) in [5.41, 5.74) is 0.867. The van der Waals surface area contributed by atoms with Crippen molar-refractivity contribution in [3.8, 4) is 0 Å². The maximum atomic E-state index is 5.89. The quantitative estimate of drug-likeness (QED) is 0.845. The number of rotatable bonds is 2. The lowest BCUT2D eigenvalue weighted by molar-refractivity contribution is 1.38. The molecule has 0 aliphatic rings. The second-order valence-corrected chi connectivity index (χ2v) is 5.95. The van der Waals surface area contributed by atoms with Gasteiger partial charge in [-0.15, -0.1) is 0 Å². The van der Waals surface area contributed by atoms with Crippen LogP contribution < -0.4 is 5.32 Å². The Morgan fingerprint density at radius 3 is 2.67 bits per heavy atom. The van der Waals surface area contributed by atoms with E-state index >= 15 is 0 Å². The van der Waals surface area contributed by atoms with Crippen molar-refractivity contribution in [2.24, 2.45) is 0 Å². The van der Waals surface area contributed by atoms with Gasteiger partial charge in [-0.25, -0.2) is 4.98 Å². The number of nitrogens with zero attached hydrogens (tertiary/aromatic N) is 1. The number of benzene rings is 1. The predicted octanol–water partition coefficient (Wildman–Crippen LogP) is 4.96. The van der Waals surface area contributed by atoms with Crippen LogP contribution in [0.5, 0.6) is 0 Å². The normalized spacial score (nSPS) is 10.3. The SMILES string of the molecule is Clc1ccc(Nc2ncc(Br)s2)cc1Cl. The van der Waals surface area contributed by atoms with Gasteiger partial charge in [0.25, 0.3) is 0 Å². The summed E-state index contributed by atoms with van der Waals surface area (Å²) in [5, 5.41) is 5.00. The number of anilines is 2. The van der Waals surface area contributed by atoms with Crippen LogP contribution in [0.15, 0.2) is 28.2 Å². The number of hydrogen-bond acceptors (Lipinski definition) is 3. The van der Waals surface area contributed by atoms with Crippen LogP contribution in [0.25, 0.3) is 0 Å². The Balaban J connectivity index is 2.21. The Kier molecular flexibility index (Phi) is 3.51. The molecule has 1 N–H and O–H groups in total. The molecule has 0 amide bonds. The summed E-state index contributed by atoms with van der Waals surface area (Å²) in [4.78, 5) is 4.15. The minimum absolute atomic E-state index is 0.525. The van der Waals surface area contributed by atoms with Crippen molar-refractivity contribution in [2.45, 2.75) is 0 Å². The van der Waals surface area contributed by atoms with Crippen LogP contribution in [0.2, 0.25) is 10.0 Å². The first-order chi connectivity index (χ1) is 7.15.